The van der Waals surface area contributed by atoms with Crippen LogP contribution in [0, 0.1) is 0 Å². The van der Waals surface area contributed by atoms with Crippen molar-refractivity contribution in [2.45, 2.75) is 176 Å². The Kier molecular flexibility index (Phi) is 20.3. The average Bonchev–Trinajstić information content (AvgIpc) is 1.56. The summed E-state index contributed by atoms with van der Waals surface area (Å²) < 4.78 is 167. The van der Waals surface area contributed by atoms with Gasteiger partial charge in [-0.15, -0.1) is 0 Å². The normalized spacial score (nSPS) is 35.4. The fourth-order valence-corrected chi connectivity index (χ4v) is 18.4. The number of hydrogen-bond donors (Lipinski definition) is 4. The molecule has 6 aliphatic heterocycles. The minimum absolute atomic E-state index is 0.0918. The molecular formula is C52H76B2F2N20O18P4S2Si2-4. The molecule has 6 aliphatic rings. The molecule has 8 unspecified atom stereocenters. The molecule has 50 heteroatoms. The van der Waals surface area contributed by atoms with E-state index in [1.807, 2.05) is 26.2 Å². The van der Waals surface area contributed by atoms with E-state index >= 15 is 8.78 Å². The van der Waals surface area contributed by atoms with Crippen molar-refractivity contribution >= 4 is 152 Å². The number of ether oxygens (including phenoxy) is 4. The van der Waals surface area contributed by atoms with Gasteiger partial charge >= 0.3 is 0 Å². The van der Waals surface area contributed by atoms with Gasteiger partial charge in [0.05, 0.1) is 66.9 Å². The predicted octanol–water partition coefficient (Wildman–Crippen LogP) is 3.53. The van der Waals surface area contributed by atoms with Gasteiger partial charge in [-0.2, -0.15) is 0 Å². The minimum atomic E-state index is -4.39. The zero-order valence-electron chi connectivity index (χ0n) is 54.9. The lowest BCUT2D eigenvalue weighted by Crippen LogP contribution is -2.49. The third-order valence-corrected chi connectivity index (χ3v) is 32.2. The SMILES string of the molecule is [BH3-]P1(=O)OC[C@H]2O[C@@H](n3cnc4c(N)ncnc43)C(O[Si](C)(C)C(C)(C)C)[C@H]2OP(=O)([S-])OC[C@H]2O[C@@H](n3cnc4c(N)ncnc43)[C@@H](F)C2O1.[BH3-]P1(=O)OC[C@H]2O[C@@H](n3cnc4c(N)ncnc43)C(O[Si](C)(C)C(C)(C)C)[C@H]2OP([O-])(=S)OC[C@H]2O[C@@H](n3cnc4c(N)ncnc43)[C@@H](F)C2O1. The first-order valence-electron chi connectivity index (χ1n) is 30.9. The lowest BCUT2D eigenvalue weighted by Gasteiger charge is -2.42. The molecule has 0 bridgehead atoms. The number of rotatable bonds is 8. The quantitative estimate of drug-likeness (QED) is 0.0960. The van der Waals surface area contributed by atoms with Crippen molar-refractivity contribution in [3.8, 4) is 0 Å². The molecule has 102 heavy (non-hydrogen) atoms. The fraction of sp³-hybridized carbons (Fsp3) is 0.615. The highest BCUT2D eigenvalue weighted by Crippen LogP contribution is 2.58. The first-order valence-corrected chi connectivity index (χ1v) is 44.0. The summed E-state index contributed by atoms with van der Waals surface area (Å²) in [6.07, 6.45) is -9.65. The van der Waals surface area contributed by atoms with E-state index in [2.05, 4.69) is 101 Å². The van der Waals surface area contributed by atoms with E-state index in [4.69, 9.17) is 111 Å². The summed E-state index contributed by atoms with van der Waals surface area (Å²) in [6, 6.07) is 0. The van der Waals surface area contributed by atoms with Crippen LogP contribution in [-0.4, -0.2) is 210 Å². The molecule has 8 aromatic rings. The van der Waals surface area contributed by atoms with Crippen molar-refractivity contribution in [3.05, 3.63) is 50.6 Å². The first-order chi connectivity index (χ1) is 47.7. The van der Waals surface area contributed by atoms with Crippen molar-refractivity contribution in [1.29, 1.82) is 0 Å². The van der Waals surface area contributed by atoms with E-state index in [-0.39, 0.29) is 68.9 Å². The molecule has 0 amide bonds. The van der Waals surface area contributed by atoms with Gasteiger partial charge in [0.15, 0.2) is 107 Å². The number of halogens is 2. The van der Waals surface area contributed by atoms with Gasteiger partial charge in [0, 0.05) is 0 Å². The van der Waals surface area contributed by atoms with Crippen LogP contribution in [0.25, 0.3) is 44.7 Å². The van der Waals surface area contributed by atoms with Crippen molar-refractivity contribution in [2.24, 2.45) is 0 Å². The van der Waals surface area contributed by atoms with Gasteiger partial charge in [-0.3, -0.25) is 22.8 Å². The van der Waals surface area contributed by atoms with Gasteiger partial charge in [-0.1, -0.05) is 53.3 Å². The van der Waals surface area contributed by atoms with E-state index in [1.165, 1.54) is 59.8 Å². The second-order valence-electron chi connectivity index (χ2n) is 27.0. The summed E-state index contributed by atoms with van der Waals surface area (Å²) in [5, 5.41) is -0.546. The third kappa shape index (κ3) is 14.7. The van der Waals surface area contributed by atoms with Crippen LogP contribution in [0.1, 0.15) is 66.5 Å². The highest BCUT2D eigenvalue weighted by atomic mass is 32.7. The maximum atomic E-state index is 16.3. The van der Waals surface area contributed by atoms with Crippen molar-refractivity contribution in [3.63, 3.8) is 0 Å². The van der Waals surface area contributed by atoms with E-state index in [0.717, 1.165) is 0 Å². The molecule has 20 atom stereocenters. The summed E-state index contributed by atoms with van der Waals surface area (Å²) in [5.41, 5.74) is 26.2. The van der Waals surface area contributed by atoms with Gasteiger partial charge in [0.2, 0.25) is 0 Å². The number of aromatic nitrogens is 16. The molecular weight excluding hydrogens is 1500 g/mol. The van der Waals surface area contributed by atoms with E-state index < -0.39 is 172 Å². The predicted molar refractivity (Wildman–Crippen MR) is 376 cm³/mol. The molecule has 0 aromatic carbocycles. The number of alkyl halides is 2. The minimum Gasteiger partial charge on any atom is -0.780 e. The summed E-state index contributed by atoms with van der Waals surface area (Å²) in [7, 11) is -15.3. The monoisotopic (exact) mass is 1570 g/mol. The Morgan fingerprint density at radius 3 is 1.13 bits per heavy atom. The highest BCUT2D eigenvalue weighted by Gasteiger charge is 2.58. The number of nitrogens with zero attached hydrogens (tertiary/aromatic N) is 16. The maximum Gasteiger partial charge on any atom is 0.200 e. The van der Waals surface area contributed by atoms with Crippen LogP contribution < -0.4 is 27.8 Å². The number of fused-ring (bicyclic) bond motifs is 8. The molecule has 6 saturated heterocycles. The second kappa shape index (κ2) is 27.6. The van der Waals surface area contributed by atoms with E-state index in [1.54, 1.807) is 9.13 Å². The van der Waals surface area contributed by atoms with Crippen LogP contribution in [0.3, 0.4) is 0 Å². The van der Waals surface area contributed by atoms with E-state index in [9.17, 15) is 18.6 Å². The number of nitrogens with two attached hydrogens (primary N) is 4. The van der Waals surface area contributed by atoms with Crippen LogP contribution in [-0.2, 0) is 102 Å². The molecule has 556 valence electrons. The van der Waals surface area contributed by atoms with Crippen molar-refractivity contribution in [1.82, 2.24) is 78.1 Å². The van der Waals surface area contributed by atoms with Gasteiger partial charge in [-0.25, -0.2) is 68.6 Å². The molecule has 6 fully saturated rings. The molecule has 8 N–H and O–H groups in total. The van der Waals surface area contributed by atoms with Crippen LogP contribution in [0.5, 0.6) is 0 Å². The van der Waals surface area contributed by atoms with Gasteiger partial charge in [0.25, 0.3) is 0 Å². The third-order valence-electron chi connectivity index (χ3n) is 18.6. The Hall–Kier alpha value is -5.09. The lowest BCUT2D eigenvalue weighted by atomic mass is 10.1. The Morgan fingerprint density at radius 1 is 0.490 bits per heavy atom. The van der Waals surface area contributed by atoms with Crippen molar-refractivity contribution < 1.29 is 91.4 Å². The molecule has 38 nitrogen and oxygen atoms in total. The number of nitrogen functional groups attached to an aromatic ring is 4. The zero-order chi connectivity index (χ0) is 73.3. The maximum absolute atomic E-state index is 16.3. The molecule has 0 aliphatic carbocycles. The number of hydrogen-bond acceptors (Lipinski definition) is 36. The topological polar surface area (TPSA) is 482 Å². The Bertz CT molecular complexity index is 4410. The molecule has 0 radical (unpaired) electrons. The first kappa shape index (κ1) is 75.2. The Morgan fingerprint density at radius 2 is 0.784 bits per heavy atom. The molecule has 0 saturated carbocycles. The van der Waals surface area contributed by atoms with Crippen LogP contribution in [0.15, 0.2) is 50.6 Å². The average molecular weight is 1570 g/mol. The van der Waals surface area contributed by atoms with Gasteiger partial charge in [-0.05, 0) is 36.3 Å². The molecule has 0 spiro atoms. The van der Waals surface area contributed by atoms with Crippen LogP contribution in [0.4, 0.5) is 32.1 Å². The summed E-state index contributed by atoms with van der Waals surface area (Å²) in [6.45, 7) is 9.92. The Balaban J connectivity index is 0.000000182. The zero-order valence-corrected chi connectivity index (χ0v) is 62.1. The second-order valence-corrected chi connectivity index (χ2v) is 43.7. The van der Waals surface area contributed by atoms with Gasteiger partial charge < -0.3 is 113 Å². The fourth-order valence-electron chi connectivity index (χ4n) is 11.5. The standard InChI is InChI=1S/2C26H39BFN10O9P2SSi/c2*1-26(2,3)51(4,5)47-19-18-13(44-25(19)38-11-36-16-21(30)32-9-34-23(16)38)6-41-48(27,39)45-17-12(7-42-49(40,50)46-18)43-24(14(17)28)37-10-35-15-20(29)31-8-33-22(15)37/h2*8-14,17-19,24-25H,6-7H2,1-5,27H3,(H,40,50)(H2,29,31,33)(H2,30,32,34)/q2*-1/p-2/t2*12-,13-,14+,17?,18+,19?,24-,25-,48?,49?/m11/s1. The summed E-state index contributed by atoms with van der Waals surface area (Å²) in [4.78, 5) is 64.0. The smallest absolute Gasteiger partial charge is 0.200 e. The lowest BCUT2D eigenvalue weighted by molar-refractivity contribution is -0.217. The molecule has 14 rings (SSSR count). The van der Waals surface area contributed by atoms with Crippen LogP contribution in [0.2, 0.25) is 36.3 Å². The van der Waals surface area contributed by atoms with E-state index in [0.29, 0.717) is 22.3 Å². The summed E-state index contributed by atoms with van der Waals surface area (Å²) >= 11 is 10.8. The van der Waals surface area contributed by atoms with Gasteiger partial charge in [0.1, 0.15) is 130 Å². The Labute approximate surface area is 594 Å². The van der Waals surface area contributed by atoms with Crippen molar-refractivity contribution in [2.75, 3.05) is 49.4 Å². The van der Waals surface area contributed by atoms with Crippen LogP contribution >= 0.6 is 28.5 Å². The highest BCUT2D eigenvalue weighted by molar-refractivity contribution is 8.32. The molecule has 8 aromatic heterocycles. The largest absolute Gasteiger partial charge is 0.780 e. The summed E-state index contributed by atoms with van der Waals surface area (Å²) in [5.74, 6) is 0.500. The number of imidazole rings is 4. The number of anilines is 4. The molecule has 14 heterocycles.